The van der Waals surface area contributed by atoms with Crippen LogP contribution >= 0.6 is 11.3 Å². The standard InChI is InChI=1S/C22H36N4O3SSi/c1-22(2,3)31(4,5)29-12-6-7-14-13-16(26-10-8-15(27)9-11-26)25-21-17(14)18(23)19(30-21)20(24)28/h13,15,27H,6-12,23H2,1-5H3,(H2,24,28). The largest absolute Gasteiger partial charge is 0.417 e. The maximum atomic E-state index is 11.9. The fourth-order valence-corrected chi connectivity index (χ4v) is 5.70. The summed E-state index contributed by atoms with van der Waals surface area (Å²) in [5, 5.41) is 10.9. The van der Waals surface area contributed by atoms with Crippen LogP contribution in [0, 0.1) is 0 Å². The Morgan fingerprint density at radius 2 is 2.00 bits per heavy atom. The Bertz CT molecular complexity index is 946. The number of aromatic nitrogens is 1. The Morgan fingerprint density at radius 1 is 1.35 bits per heavy atom. The molecule has 9 heteroatoms. The molecule has 1 fully saturated rings. The number of fused-ring (bicyclic) bond motifs is 1. The Labute approximate surface area is 189 Å². The molecule has 31 heavy (non-hydrogen) atoms. The van der Waals surface area contributed by atoms with Crippen LogP contribution in [-0.4, -0.2) is 50.1 Å². The quantitative estimate of drug-likeness (QED) is 0.423. The average molecular weight is 465 g/mol. The summed E-state index contributed by atoms with van der Waals surface area (Å²) in [7, 11) is -1.79. The number of aliphatic hydroxyl groups excluding tert-OH is 1. The number of thiophene rings is 1. The summed E-state index contributed by atoms with van der Waals surface area (Å²) in [5.41, 5.74) is 13.4. The van der Waals surface area contributed by atoms with Crippen LogP contribution in [0.25, 0.3) is 10.2 Å². The van der Waals surface area contributed by atoms with Crippen molar-refractivity contribution in [1.82, 2.24) is 4.98 Å². The van der Waals surface area contributed by atoms with E-state index in [9.17, 15) is 9.90 Å². The smallest absolute Gasteiger partial charge is 0.260 e. The van der Waals surface area contributed by atoms with Gasteiger partial charge in [0.25, 0.3) is 5.91 Å². The summed E-state index contributed by atoms with van der Waals surface area (Å²) in [6.45, 7) is 13.5. The molecule has 0 saturated carbocycles. The van der Waals surface area contributed by atoms with Gasteiger partial charge in [0.1, 0.15) is 15.5 Å². The van der Waals surface area contributed by atoms with Gasteiger partial charge < -0.3 is 25.9 Å². The minimum atomic E-state index is -1.79. The number of pyridine rings is 1. The molecule has 0 aromatic carbocycles. The SMILES string of the molecule is CC(C)(C)[Si](C)(C)OCCCc1cc(N2CCC(O)CC2)nc2sc(C(N)=O)c(N)c12. The molecule has 0 aliphatic carbocycles. The highest BCUT2D eigenvalue weighted by Gasteiger charge is 2.36. The number of nitrogen functional groups attached to an aromatic ring is 1. The zero-order chi connectivity index (χ0) is 23.0. The fourth-order valence-electron chi connectivity index (χ4n) is 3.63. The number of carbonyl (C=O) groups excluding carboxylic acids is 1. The molecule has 5 N–H and O–H groups in total. The minimum absolute atomic E-state index is 0.178. The number of nitrogens with two attached hydrogens (primary N) is 2. The van der Waals surface area contributed by atoms with Crippen LogP contribution in [0.15, 0.2) is 6.07 Å². The van der Waals surface area contributed by atoms with Crippen molar-refractivity contribution in [1.29, 1.82) is 0 Å². The van der Waals surface area contributed by atoms with Gasteiger partial charge in [-0.3, -0.25) is 4.79 Å². The van der Waals surface area contributed by atoms with Crippen LogP contribution < -0.4 is 16.4 Å². The average Bonchev–Trinajstić information content (AvgIpc) is 3.02. The van der Waals surface area contributed by atoms with Crippen LogP contribution in [0.3, 0.4) is 0 Å². The molecule has 1 amide bonds. The summed E-state index contributed by atoms with van der Waals surface area (Å²) in [6.07, 6.45) is 2.87. The Kier molecular flexibility index (Phi) is 7.00. The number of aryl methyl sites for hydroxylation is 1. The summed E-state index contributed by atoms with van der Waals surface area (Å²) in [5.74, 6) is 0.354. The molecule has 0 bridgehead atoms. The van der Waals surface area contributed by atoms with Gasteiger partial charge in [0.05, 0.1) is 11.8 Å². The number of anilines is 2. The number of piperidine rings is 1. The van der Waals surface area contributed by atoms with Gasteiger partial charge in [-0.05, 0) is 55.4 Å². The van der Waals surface area contributed by atoms with Gasteiger partial charge in [0.15, 0.2) is 8.32 Å². The molecule has 2 aromatic heterocycles. The lowest BCUT2D eigenvalue weighted by Crippen LogP contribution is -2.41. The van der Waals surface area contributed by atoms with E-state index in [0.29, 0.717) is 17.2 Å². The van der Waals surface area contributed by atoms with E-state index < -0.39 is 14.2 Å². The third-order valence-electron chi connectivity index (χ3n) is 6.64. The Hall–Kier alpha value is -1.68. The highest BCUT2D eigenvalue weighted by Crippen LogP contribution is 2.38. The first-order valence-electron chi connectivity index (χ1n) is 11.0. The van der Waals surface area contributed by atoms with E-state index in [-0.39, 0.29) is 11.1 Å². The highest BCUT2D eigenvalue weighted by molar-refractivity contribution is 7.21. The predicted octanol–water partition coefficient (Wildman–Crippen LogP) is 3.89. The Balaban J connectivity index is 1.86. The zero-order valence-corrected chi connectivity index (χ0v) is 21.1. The van der Waals surface area contributed by atoms with Gasteiger partial charge in [0.2, 0.25) is 0 Å². The van der Waals surface area contributed by atoms with Crippen molar-refractivity contribution in [2.45, 2.75) is 70.7 Å². The predicted molar refractivity (Wildman–Crippen MR) is 131 cm³/mol. The van der Waals surface area contributed by atoms with Gasteiger partial charge in [0, 0.05) is 25.1 Å². The van der Waals surface area contributed by atoms with Crippen LogP contribution in [0.4, 0.5) is 11.5 Å². The Morgan fingerprint density at radius 3 is 2.58 bits per heavy atom. The number of amides is 1. The second-order valence-corrected chi connectivity index (χ2v) is 15.8. The first kappa shape index (κ1) is 24.0. The molecule has 0 unspecified atom stereocenters. The first-order chi connectivity index (χ1) is 14.4. The summed E-state index contributed by atoms with van der Waals surface area (Å²) in [6, 6.07) is 2.08. The van der Waals surface area contributed by atoms with Crippen LogP contribution in [0.5, 0.6) is 0 Å². The molecule has 1 saturated heterocycles. The van der Waals surface area contributed by atoms with Crippen LogP contribution in [0.1, 0.15) is 55.3 Å². The maximum absolute atomic E-state index is 11.9. The van der Waals surface area contributed by atoms with E-state index in [1.807, 2.05) is 0 Å². The van der Waals surface area contributed by atoms with Gasteiger partial charge in [-0.25, -0.2) is 4.98 Å². The van der Waals surface area contributed by atoms with Crippen molar-refractivity contribution in [3.63, 3.8) is 0 Å². The number of carbonyl (C=O) groups is 1. The number of nitrogens with zero attached hydrogens (tertiary/aromatic N) is 2. The van der Waals surface area contributed by atoms with E-state index in [4.69, 9.17) is 20.9 Å². The highest BCUT2D eigenvalue weighted by atomic mass is 32.1. The molecule has 3 rings (SSSR count). The molecule has 2 aromatic rings. The molecule has 0 spiro atoms. The number of aliphatic hydroxyl groups is 1. The third kappa shape index (κ3) is 5.22. The minimum Gasteiger partial charge on any atom is -0.417 e. The molecular formula is C22H36N4O3SSi. The topological polar surface area (TPSA) is 115 Å². The number of rotatable bonds is 7. The monoisotopic (exact) mass is 464 g/mol. The molecule has 1 aliphatic rings. The molecule has 7 nitrogen and oxygen atoms in total. The first-order valence-corrected chi connectivity index (χ1v) is 14.7. The summed E-state index contributed by atoms with van der Waals surface area (Å²) in [4.78, 5) is 20.0. The van der Waals surface area contributed by atoms with Crippen molar-refractivity contribution >= 4 is 47.3 Å². The van der Waals surface area contributed by atoms with E-state index in [2.05, 4.69) is 44.8 Å². The summed E-state index contributed by atoms with van der Waals surface area (Å²) < 4.78 is 6.34. The molecular weight excluding hydrogens is 428 g/mol. The number of primary amides is 1. The van der Waals surface area contributed by atoms with Crippen LogP contribution in [0.2, 0.25) is 18.1 Å². The van der Waals surface area contributed by atoms with Crippen molar-refractivity contribution in [2.24, 2.45) is 5.73 Å². The molecule has 0 radical (unpaired) electrons. The van der Waals surface area contributed by atoms with Gasteiger partial charge in [-0.2, -0.15) is 0 Å². The summed E-state index contributed by atoms with van der Waals surface area (Å²) >= 11 is 1.26. The third-order valence-corrected chi connectivity index (χ3v) is 12.3. The lowest BCUT2D eigenvalue weighted by atomic mass is 10.0. The lowest BCUT2D eigenvalue weighted by Gasteiger charge is -2.36. The normalized spacial score (nSPS) is 16.3. The maximum Gasteiger partial charge on any atom is 0.260 e. The van der Waals surface area contributed by atoms with E-state index >= 15 is 0 Å². The van der Waals surface area contributed by atoms with Gasteiger partial charge in [-0.1, -0.05) is 20.8 Å². The fraction of sp³-hybridized carbons (Fsp3) is 0.636. The second kappa shape index (κ2) is 9.05. The lowest BCUT2D eigenvalue weighted by molar-refractivity contribution is 0.100. The van der Waals surface area contributed by atoms with Crippen molar-refractivity contribution in [3.05, 3.63) is 16.5 Å². The molecule has 1 aliphatic heterocycles. The van der Waals surface area contributed by atoms with Crippen molar-refractivity contribution in [2.75, 3.05) is 30.3 Å². The van der Waals surface area contributed by atoms with Crippen molar-refractivity contribution < 1.29 is 14.3 Å². The van der Waals surface area contributed by atoms with E-state index in [1.165, 1.54) is 11.3 Å². The molecule has 0 atom stereocenters. The molecule has 172 valence electrons. The van der Waals surface area contributed by atoms with E-state index in [1.54, 1.807) is 0 Å². The van der Waals surface area contributed by atoms with E-state index in [0.717, 1.165) is 60.4 Å². The van der Waals surface area contributed by atoms with Gasteiger partial charge in [-0.15, -0.1) is 11.3 Å². The molecule has 3 heterocycles. The van der Waals surface area contributed by atoms with Crippen LogP contribution in [-0.2, 0) is 10.8 Å². The number of hydrogen-bond acceptors (Lipinski definition) is 7. The zero-order valence-electron chi connectivity index (χ0n) is 19.3. The second-order valence-electron chi connectivity index (χ2n) is 9.96. The van der Waals surface area contributed by atoms with Gasteiger partial charge >= 0.3 is 0 Å². The number of hydrogen-bond donors (Lipinski definition) is 3. The van der Waals surface area contributed by atoms with Crippen molar-refractivity contribution in [3.8, 4) is 0 Å².